The average Bonchev–Trinajstić information content (AvgIpc) is 2.41. The standard InChI is InChI=1S/C15H24FNOS/c1-15(2,18-4)10-9-12(17-3)11-19-14-8-6-5-7-13(14)16/h5-8,12,17H,9-11H2,1-4H3. The number of ether oxygens (including phenoxy) is 1. The lowest BCUT2D eigenvalue weighted by Gasteiger charge is -2.25. The van der Waals surface area contributed by atoms with Gasteiger partial charge in [-0.15, -0.1) is 11.8 Å². The maximum absolute atomic E-state index is 13.5. The minimum Gasteiger partial charge on any atom is -0.379 e. The molecule has 19 heavy (non-hydrogen) atoms. The van der Waals surface area contributed by atoms with Crippen molar-refractivity contribution in [2.45, 2.75) is 43.2 Å². The van der Waals surface area contributed by atoms with Crippen molar-refractivity contribution in [2.24, 2.45) is 0 Å². The lowest BCUT2D eigenvalue weighted by atomic mass is 9.99. The molecule has 0 bridgehead atoms. The van der Waals surface area contributed by atoms with Crippen LogP contribution in [0.1, 0.15) is 26.7 Å². The Morgan fingerprint density at radius 3 is 2.63 bits per heavy atom. The Bertz CT molecular complexity index is 384. The Labute approximate surface area is 120 Å². The quantitative estimate of drug-likeness (QED) is 0.736. The molecule has 0 aliphatic rings. The summed E-state index contributed by atoms with van der Waals surface area (Å²) in [5, 5.41) is 3.29. The summed E-state index contributed by atoms with van der Waals surface area (Å²) in [6.07, 6.45) is 1.99. The highest BCUT2D eigenvalue weighted by molar-refractivity contribution is 7.99. The molecule has 0 amide bonds. The third-order valence-electron chi connectivity index (χ3n) is 3.33. The van der Waals surface area contributed by atoms with Gasteiger partial charge < -0.3 is 10.1 Å². The second kappa shape index (κ2) is 7.88. The molecule has 0 aliphatic carbocycles. The van der Waals surface area contributed by atoms with Crippen LogP contribution < -0.4 is 5.32 Å². The van der Waals surface area contributed by atoms with E-state index in [4.69, 9.17) is 4.74 Å². The molecule has 1 N–H and O–H groups in total. The van der Waals surface area contributed by atoms with E-state index in [0.717, 1.165) is 18.6 Å². The highest BCUT2D eigenvalue weighted by Crippen LogP contribution is 2.24. The third kappa shape index (κ3) is 5.93. The van der Waals surface area contributed by atoms with Crippen LogP contribution in [0.4, 0.5) is 4.39 Å². The molecule has 108 valence electrons. The molecule has 0 radical (unpaired) electrons. The topological polar surface area (TPSA) is 21.3 Å². The zero-order chi connectivity index (χ0) is 14.3. The second-order valence-corrected chi connectivity index (χ2v) is 6.29. The van der Waals surface area contributed by atoms with Gasteiger partial charge in [-0.1, -0.05) is 12.1 Å². The van der Waals surface area contributed by atoms with Gasteiger partial charge in [0.25, 0.3) is 0 Å². The van der Waals surface area contributed by atoms with Crippen molar-refractivity contribution in [3.63, 3.8) is 0 Å². The van der Waals surface area contributed by atoms with Gasteiger partial charge in [0.15, 0.2) is 0 Å². The van der Waals surface area contributed by atoms with Crippen molar-refractivity contribution in [1.29, 1.82) is 0 Å². The number of halogens is 1. The SMILES string of the molecule is CNC(CCC(C)(C)OC)CSc1ccccc1F. The van der Waals surface area contributed by atoms with Gasteiger partial charge in [0, 0.05) is 23.8 Å². The molecule has 1 aromatic carbocycles. The Kier molecular flexibility index (Phi) is 6.83. The molecule has 1 unspecified atom stereocenters. The van der Waals surface area contributed by atoms with Crippen molar-refractivity contribution in [3.8, 4) is 0 Å². The normalized spacial score (nSPS) is 13.5. The van der Waals surface area contributed by atoms with Crippen LogP contribution in [-0.2, 0) is 4.74 Å². The maximum Gasteiger partial charge on any atom is 0.136 e. The summed E-state index contributed by atoms with van der Waals surface area (Å²) in [4.78, 5) is 0.716. The largest absolute Gasteiger partial charge is 0.379 e. The summed E-state index contributed by atoms with van der Waals surface area (Å²) in [5.41, 5.74) is -0.0994. The van der Waals surface area contributed by atoms with Gasteiger partial charge in [0.05, 0.1) is 5.60 Å². The Balaban J connectivity index is 2.43. The molecule has 0 saturated carbocycles. The molecule has 1 aromatic rings. The van der Waals surface area contributed by atoms with E-state index in [-0.39, 0.29) is 11.4 Å². The molecule has 4 heteroatoms. The fraction of sp³-hybridized carbons (Fsp3) is 0.600. The van der Waals surface area contributed by atoms with Crippen LogP contribution in [0.25, 0.3) is 0 Å². The molecule has 1 atom stereocenters. The number of methoxy groups -OCH3 is 1. The zero-order valence-corrected chi connectivity index (χ0v) is 13.0. The first-order chi connectivity index (χ1) is 8.98. The van der Waals surface area contributed by atoms with Gasteiger partial charge in [-0.25, -0.2) is 4.39 Å². The predicted molar refractivity (Wildman–Crippen MR) is 80.3 cm³/mol. The first-order valence-electron chi connectivity index (χ1n) is 6.58. The lowest BCUT2D eigenvalue weighted by molar-refractivity contribution is 0.0123. The van der Waals surface area contributed by atoms with Crippen molar-refractivity contribution in [1.82, 2.24) is 5.32 Å². The molecule has 0 heterocycles. The summed E-state index contributed by atoms with van der Waals surface area (Å²) in [7, 11) is 3.69. The number of hydrogen-bond acceptors (Lipinski definition) is 3. The average molecular weight is 285 g/mol. The minimum absolute atomic E-state index is 0.0994. The fourth-order valence-corrected chi connectivity index (χ4v) is 2.78. The summed E-state index contributed by atoms with van der Waals surface area (Å²) in [5.74, 6) is 0.719. The van der Waals surface area contributed by atoms with Crippen molar-refractivity contribution >= 4 is 11.8 Å². The number of hydrogen-bond donors (Lipinski definition) is 1. The van der Waals surface area contributed by atoms with E-state index in [0.29, 0.717) is 10.9 Å². The minimum atomic E-state index is -0.139. The van der Waals surface area contributed by atoms with Crippen LogP contribution in [0.2, 0.25) is 0 Å². The van der Waals surface area contributed by atoms with Gasteiger partial charge in [-0.2, -0.15) is 0 Å². The van der Waals surface area contributed by atoms with Gasteiger partial charge in [-0.3, -0.25) is 0 Å². The first-order valence-corrected chi connectivity index (χ1v) is 7.57. The van der Waals surface area contributed by atoms with Gasteiger partial charge in [0.2, 0.25) is 0 Å². The second-order valence-electron chi connectivity index (χ2n) is 5.23. The van der Waals surface area contributed by atoms with Crippen LogP contribution in [-0.4, -0.2) is 31.6 Å². The van der Waals surface area contributed by atoms with Crippen molar-refractivity contribution < 1.29 is 9.13 Å². The highest BCUT2D eigenvalue weighted by Gasteiger charge is 2.18. The number of benzene rings is 1. The highest BCUT2D eigenvalue weighted by atomic mass is 32.2. The molecule has 0 aromatic heterocycles. The monoisotopic (exact) mass is 285 g/mol. The summed E-state index contributed by atoms with van der Waals surface area (Å²) in [6, 6.07) is 7.28. The van der Waals surface area contributed by atoms with E-state index in [9.17, 15) is 4.39 Å². The molecule has 2 nitrogen and oxygen atoms in total. The molecular formula is C15H24FNOS. The smallest absolute Gasteiger partial charge is 0.136 e. The molecule has 0 fully saturated rings. The van der Waals surface area contributed by atoms with Crippen LogP contribution >= 0.6 is 11.8 Å². The molecule has 0 saturated heterocycles. The number of rotatable bonds is 8. The zero-order valence-electron chi connectivity index (χ0n) is 12.2. The van der Waals surface area contributed by atoms with Gasteiger partial charge in [0.1, 0.15) is 5.82 Å². The fourth-order valence-electron chi connectivity index (χ4n) is 1.69. The number of nitrogens with one attached hydrogen (secondary N) is 1. The summed E-state index contributed by atoms with van der Waals surface area (Å²) >= 11 is 1.56. The summed E-state index contributed by atoms with van der Waals surface area (Å²) < 4.78 is 18.9. The van der Waals surface area contributed by atoms with Gasteiger partial charge >= 0.3 is 0 Å². The van der Waals surface area contributed by atoms with Crippen LogP contribution in [0, 0.1) is 5.82 Å². The molecular weight excluding hydrogens is 261 g/mol. The summed E-state index contributed by atoms with van der Waals surface area (Å²) in [6.45, 7) is 4.17. The predicted octanol–water partition coefficient (Wildman–Crippen LogP) is 3.71. The van der Waals surface area contributed by atoms with E-state index < -0.39 is 0 Å². The van der Waals surface area contributed by atoms with E-state index in [1.54, 1.807) is 24.9 Å². The van der Waals surface area contributed by atoms with Crippen molar-refractivity contribution in [3.05, 3.63) is 30.1 Å². The van der Waals surface area contributed by atoms with Crippen LogP contribution in [0.5, 0.6) is 0 Å². The van der Waals surface area contributed by atoms with E-state index >= 15 is 0 Å². The molecule has 0 aliphatic heterocycles. The molecule has 1 rings (SSSR count). The van der Waals surface area contributed by atoms with E-state index in [2.05, 4.69) is 19.2 Å². The lowest BCUT2D eigenvalue weighted by Crippen LogP contribution is -2.32. The van der Waals surface area contributed by atoms with Crippen LogP contribution in [0.3, 0.4) is 0 Å². The van der Waals surface area contributed by atoms with E-state index in [1.165, 1.54) is 6.07 Å². The Hall–Kier alpha value is -0.580. The Morgan fingerprint density at radius 1 is 1.37 bits per heavy atom. The first kappa shape index (κ1) is 16.5. The van der Waals surface area contributed by atoms with Crippen molar-refractivity contribution in [2.75, 3.05) is 19.9 Å². The number of thioether (sulfide) groups is 1. The molecule has 0 spiro atoms. The maximum atomic E-state index is 13.5. The van der Waals surface area contributed by atoms with Crippen LogP contribution in [0.15, 0.2) is 29.2 Å². The third-order valence-corrected chi connectivity index (χ3v) is 4.54. The Morgan fingerprint density at radius 2 is 2.05 bits per heavy atom. The van der Waals surface area contributed by atoms with Gasteiger partial charge in [-0.05, 0) is 45.9 Å². The van der Waals surface area contributed by atoms with E-state index in [1.807, 2.05) is 19.2 Å².